The highest BCUT2D eigenvalue weighted by Crippen LogP contribution is 2.40. The number of carbonyl (C=O) groups is 2. The Morgan fingerprint density at radius 1 is 1.03 bits per heavy atom. The van der Waals surface area contributed by atoms with E-state index >= 15 is 0 Å². The summed E-state index contributed by atoms with van der Waals surface area (Å²) in [6, 6.07) is 10.7. The Kier molecular flexibility index (Phi) is 7.80. The Balaban J connectivity index is 2.27. The molecule has 162 valence electrons. The standard InChI is InChI=1S/C22H24Cl3NO4/c1-13(27)20(28)26-16-7-5-14(6-8-16)21(2,3)15-9-17(24)19(18(25)10-15)30-12-22(4,29)11-23/h5-10,29H,11-12H2,1-4H3,(H,26,28). The second-order valence-electron chi connectivity index (χ2n) is 7.90. The smallest absolute Gasteiger partial charge is 0.291 e. The van der Waals surface area contributed by atoms with Gasteiger partial charge in [0.25, 0.3) is 5.91 Å². The Hall–Kier alpha value is -1.79. The van der Waals surface area contributed by atoms with E-state index < -0.39 is 22.7 Å². The monoisotopic (exact) mass is 471 g/mol. The third-order valence-corrected chi connectivity index (χ3v) is 5.86. The Morgan fingerprint density at radius 2 is 1.57 bits per heavy atom. The number of nitrogens with one attached hydrogen (secondary N) is 1. The first kappa shape index (κ1) is 24.5. The highest BCUT2D eigenvalue weighted by atomic mass is 35.5. The summed E-state index contributed by atoms with van der Waals surface area (Å²) < 4.78 is 5.60. The van der Waals surface area contributed by atoms with E-state index in [0.717, 1.165) is 11.1 Å². The molecule has 1 amide bonds. The minimum Gasteiger partial charge on any atom is -0.487 e. The Bertz CT molecular complexity index is 917. The van der Waals surface area contributed by atoms with Gasteiger partial charge in [-0.1, -0.05) is 49.2 Å². The molecule has 2 rings (SSSR count). The average molecular weight is 473 g/mol. The molecule has 2 aromatic rings. The number of alkyl halides is 1. The first-order chi connectivity index (χ1) is 13.9. The maximum Gasteiger partial charge on any atom is 0.291 e. The summed E-state index contributed by atoms with van der Waals surface area (Å²) in [7, 11) is 0. The first-order valence-electron chi connectivity index (χ1n) is 9.20. The largest absolute Gasteiger partial charge is 0.487 e. The van der Waals surface area contributed by atoms with E-state index in [9.17, 15) is 14.7 Å². The van der Waals surface area contributed by atoms with Crippen LogP contribution in [0.5, 0.6) is 5.75 Å². The van der Waals surface area contributed by atoms with Gasteiger partial charge in [0.15, 0.2) is 5.75 Å². The third kappa shape index (κ3) is 5.88. The van der Waals surface area contributed by atoms with Crippen LogP contribution in [-0.4, -0.2) is 34.9 Å². The molecule has 1 unspecified atom stereocenters. The molecule has 0 heterocycles. The quantitative estimate of drug-likeness (QED) is 0.408. The van der Waals surface area contributed by atoms with Gasteiger partial charge in [-0.15, -0.1) is 11.6 Å². The number of amides is 1. The topological polar surface area (TPSA) is 75.6 Å². The van der Waals surface area contributed by atoms with Gasteiger partial charge in [-0.25, -0.2) is 0 Å². The van der Waals surface area contributed by atoms with Gasteiger partial charge in [-0.05, 0) is 42.3 Å². The van der Waals surface area contributed by atoms with Crippen LogP contribution in [0.2, 0.25) is 10.0 Å². The van der Waals surface area contributed by atoms with Crippen LogP contribution in [0.25, 0.3) is 0 Å². The van der Waals surface area contributed by atoms with Crippen LogP contribution in [0.4, 0.5) is 5.69 Å². The zero-order valence-corrected chi connectivity index (χ0v) is 19.5. The van der Waals surface area contributed by atoms with E-state index in [1.54, 1.807) is 31.2 Å². The molecule has 0 aromatic heterocycles. The summed E-state index contributed by atoms with van der Waals surface area (Å²) in [5, 5.41) is 13.2. The van der Waals surface area contributed by atoms with Crippen molar-refractivity contribution in [1.29, 1.82) is 0 Å². The first-order valence-corrected chi connectivity index (χ1v) is 10.5. The predicted octanol–water partition coefficient (Wildman–Crippen LogP) is 5.22. The summed E-state index contributed by atoms with van der Waals surface area (Å²) in [4.78, 5) is 22.6. The SMILES string of the molecule is CC(=O)C(=O)Nc1ccc(C(C)(C)c2cc(Cl)c(OCC(C)(O)CCl)c(Cl)c2)cc1. The number of hydrogen-bond donors (Lipinski definition) is 2. The number of ketones is 1. The van der Waals surface area contributed by atoms with Crippen molar-refractivity contribution < 1.29 is 19.4 Å². The zero-order chi connectivity index (χ0) is 22.7. The van der Waals surface area contributed by atoms with Crippen LogP contribution in [0, 0.1) is 0 Å². The van der Waals surface area contributed by atoms with Crippen molar-refractivity contribution >= 4 is 52.2 Å². The molecular formula is C22H24Cl3NO4. The number of benzene rings is 2. The van der Waals surface area contributed by atoms with Crippen molar-refractivity contribution in [3.63, 3.8) is 0 Å². The van der Waals surface area contributed by atoms with Crippen molar-refractivity contribution in [3.05, 3.63) is 57.6 Å². The van der Waals surface area contributed by atoms with Gasteiger partial charge >= 0.3 is 0 Å². The molecule has 0 bridgehead atoms. The van der Waals surface area contributed by atoms with Crippen LogP contribution < -0.4 is 10.1 Å². The Labute approximate surface area is 191 Å². The van der Waals surface area contributed by atoms with Gasteiger partial charge in [0, 0.05) is 18.0 Å². The number of rotatable bonds is 8. The summed E-state index contributed by atoms with van der Waals surface area (Å²) in [6.07, 6.45) is 0. The molecule has 0 spiro atoms. The summed E-state index contributed by atoms with van der Waals surface area (Å²) in [6.45, 7) is 6.74. The molecule has 2 aromatic carbocycles. The van der Waals surface area contributed by atoms with E-state index in [2.05, 4.69) is 5.32 Å². The number of aliphatic hydroxyl groups is 1. The van der Waals surface area contributed by atoms with Crippen molar-refractivity contribution in [1.82, 2.24) is 0 Å². The molecule has 0 aliphatic carbocycles. The lowest BCUT2D eigenvalue weighted by molar-refractivity contribution is -0.133. The van der Waals surface area contributed by atoms with E-state index in [-0.39, 0.29) is 18.2 Å². The molecule has 1 atom stereocenters. The predicted molar refractivity (Wildman–Crippen MR) is 121 cm³/mol. The number of halogens is 3. The fourth-order valence-electron chi connectivity index (χ4n) is 2.68. The molecule has 0 radical (unpaired) electrons. The molecule has 5 nitrogen and oxygen atoms in total. The van der Waals surface area contributed by atoms with Crippen molar-refractivity contribution in [2.24, 2.45) is 0 Å². The summed E-state index contributed by atoms with van der Waals surface area (Å²) in [5.41, 5.74) is 0.673. The second kappa shape index (κ2) is 9.56. The minimum absolute atomic E-state index is 0.0101. The highest BCUT2D eigenvalue weighted by Gasteiger charge is 2.27. The van der Waals surface area contributed by atoms with Gasteiger partial charge in [-0.2, -0.15) is 0 Å². The molecular weight excluding hydrogens is 449 g/mol. The Morgan fingerprint density at radius 3 is 2.03 bits per heavy atom. The van der Waals surface area contributed by atoms with Gasteiger partial charge in [0.1, 0.15) is 12.2 Å². The molecule has 0 saturated heterocycles. The minimum atomic E-state index is -1.20. The lowest BCUT2D eigenvalue weighted by Crippen LogP contribution is -2.34. The highest BCUT2D eigenvalue weighted by molar-refractivity contribution is 6.39. The van der Waals surface area contributed by atoms with Crippen molar-refractivity contribution in [3.8, 4) is 5.75 Å². The summed E-state index contributed by atoms with van der Waals surface area (Å²) >= 11 is 18.5. The van der Waals surface area contributed by atoms with E-state index in [1.807, 2.05) is 26.0 Å². The van der Waals surface area contributed by atoms with Crippen LogP contribution >= 0.6 is 34.8 Å². The summed E-state index contributed by atoms with van der Waals surface area (Å²) in [5.74, 6) is -0.926. The molecule has 30 heavy (non-hydrogen) atoms. The fraction of sp³-hybridized carbons (Fsp3) is 0.364. The second-order valence-corrected chi connectivity index (χ2v) is 8.98. The third-order valence-electron chi connectivity index (χ3n) is 4.72. The molecule has 0 aliphatic heterocycles. The molecule has 0 aliphatic rings. The average Bonchev–Trinajstić information content (AvgIpc) is 2.67. The zero-order valence-electron chi connectivity index (χ0n) is 17.2. The van der Waals surface area contributed by atoms with Crippen LogP contribution in [0.1, 0.15) is 38.8 Å². The lowest BCUT2D eigenvalue weighted by atomic mass is 9.78. The number of Topliss-reactive ketones (excluding diaryl/α,β-unsaturated/α-hetero) is 1. The van der Waals surface area contributed by atoms with E-state index in [4.69, 9.17) is 39.5 Å². The van der Waals surface area contributed by atoms with Gasteiger partial charge < -0.3 is 15.2 Å². The van der Waals surface area contributed by atoms with Crippen LogP contribution in [-0.2, 0) is 15.0 Å². The van der Waals surface area contributed by atoms with Gasteiger partial charge in [0.2, 0.25) is 5.78 Å². The number of ether oxygens (including phenoxy) is 1. The van der Waals surface area contributed by atoms with Crippen molar-refractivity contribution in [2.75, 3.05) is 17.8 Å². The molecule has 0 fully saturated rings. The number of carbonyl (C=O) groups excluding carboxylic acids is 2. The molecule has 2 N–H and O–H groups in total. The number of anilines is 1. The fourth-order valence-corrected chi connectivity index (χ4v) is 3.35. The van der Waals surface area contributed by atoms with Crippen LogP contribution in [0.15, 0.2) is 36.4 Å². The molecule has 8 heteroatoms. The lowest BCUT2D eigenvalue weighted by Gasteiger charge is -2.28. The molecule has 0 saturated carbocycles. The normalized spacial score (nSPS) is 13.5. The van der Waals surface area contributed by atoms with Crippen LogP contribution in [0.3, 0.4) is 0 Å². The van der Waals surface area contributed by atoms with Gasteiger partial charge in [0.05, 0.1) is 15.9 Å². The maximum atomic E-state index is 11.5. The van der Waals surface area contributed by atoms with Gasteiger partial charge in [-0.3, -0.25) is 9.59 Å². The van der Waals surface area contributed by atoms with E-state index in [1.165, 1.54) is 6.92 Å². The number of hydrogen-bond acceptors (Lipinski definition) is 4. The maximum absolute atomic E-state index is 11.5. The van der Waals surface area contributed by atoms with Crippen molar-refractivity contribution in [2.45, 2.75) is 38.7 Å². The van der Waals surface area contributed by atoms with E-state index in [0.29, 0.717) is 15.7 Å².